The van der Waals surface area contributed by atoms with Gasteiger partial charge in [0.25, 0.3) is 0 Å². The van der Waals surface area contributed by atoms with Crippen LogP contribution in [0.25, 0.3) is 0 Å². The molecule has 0 radical (unpaired) electrons. The van der Waals surface area contributed by atoms with Gasteiger partial charge >= 0.3 is 0 Å². The highest BCUT2D eigenvalue weighted by Crippen LogP contribution is 2.51. The average Bonchev–Trinajstić information content (AvgIpc) is 3.69. The summed E-state index contributed by atoms with van der Waals surface area (Å²) >= 11 is 0. The van der Waals surface area contributed by atoms with E-state index in [-0.39, 0.29) is 22.8 Å². The fourth-order valence-corrected chi connectivity index (χ4v) is 5.27. The van der Waals surface area contributed by atoms with Gasteiger partial charge in [-0.3, -0.25) is 4.79 Å². The Bertz CT molecular complexity index is 1170. The minimum Gasteiger partial charge on any atom is -0.325 e. The van der Waals surface area contributed by atoms with Crippen molar-refractivity contribution in [3.8, 4) is 6.07 Å². The molecule has 1 atom stereocenters. The molecule has 9 nitrogen and oxygen atoms in total. The van der Waals surface area contributed by atoms with E-state index in [9.17, 15) is 18.5 Å². The molecule has 1 amide bonds. The molecule has 31 heavy (non-hydrogen) atoms. The lowest BCUT2D eigenvalue weighted by Crippen LogP contribution is -2.35. The van der Waals surface area contributed by atoms with Gasteiger partial charge in [-0.25, -0.2) is 23.1 Å². The number of sulfonamides is 1. The van der Waals surface area contributed by atoms with Crippen LogP contribution in [0.1, 0.15) is 32.1 Å². The lowest BCUT2D eigenvalue weighted by Gasteiger charge is -2.21. The Kier molecular flexibility index (Phi) is 4.68. The summed E-state index contributed by atoms with van der Waals surface area (Å²) < 4.78 is 27.1. The quantitative estimate of drug-likeness (QED) is 0.679. The van der Waals surface area contributed by atoms with Gasteiger partial charge in [0.15, 0.2) is 0 Å². The van der Waals surface area contributed by atoms with Crippen LogP contribution < -0.4 is 14.9 Å². The first-order valence-corrected chi connectivity index (χ1v) is 11.8. The molecule has 3 fully saturated rings. The van der Waals surface area contributed by atoms with E-state index in [1.165, 1.54) is 12.3 Å². The summed E-state index contributed by atoms with van der Waals surface area (Å²) in [4.78, 5) is 23.2. The highest BCUT2D eigenvalue weighted by Gasteiger charge is 2.56. The van der Waals surface area contributed by atoms with Crippen molar-refractivity contribution in [1.29, 1.82) is 5.26 Å². The van der Waals surface area contributed by atoms with Crippen molar-refractivity contribution in [3.63, 3.8) is 0 Å². The molecule has 0 unspecified atom stereocenters. The number of aromatic nitrogens is 2. The third-order valence-corrected chi connectivity index (χ3v) is 7.59. The number of amides is 1. The Hall–Kier alpha value is -3.03. The molecule has 10 heteroatoms. The standard InChI is InChI=1S/C21H22N6O3S/c22-13-21(14-1-2-14)8-10-27(20(21)28)16-7-9-23-19(11-16)25-18-6-5-17(12-24-18)31(29,30)26-15-3-4-15/h5-7,9,11-12,14-15,26H,1-4,8,10H2,(H,23,24,25)/t21-/m1/s1. The monoisotopic (exact) mass is 438 g/mol. The Morgan fingerprint density at radius 1 is 1.13 bits per heavy atom. The van der Waals surface area contributed by atoms with E-state index in [4.69, 9.17) is 0 Å². The summed E-state index contributed by atoms with van der Waals surface area (Å²) in [5.74, 6) is 0.950. The summed E-state index contributed by atoms with van der Waals surface area (Å²) in [6.07, 6.45) is 7.04. The van der Waals surface area contributed by atoms with Crippen molar-refractivity contribution in [2.24, 2.45) is 11.3 Å². The van der Waals surface area contributed by atoms with Crippen molar-refractivity contribution in [1.82, 2.24) is 14.7 Å². The Balaban J connectivity index is 1.31. The number of carbonyl (C=O) groups is 1. The van der Waals surface area contributed by atoms with E-state index in [1.807, 2.05) is 0 Å². The third-order valence-electron chi connectivity index (χ3n) is 6.09. The molecule has 1 aliphatic heterocycles. The maximum Gasteiger partial charge on any atom is 0.247 e. The van der Waals surface area contributed by atoms with Crippen LogP contribution in [0, 0.1) is 22.7 Å². The topological polar surface area (TPSA) is 128 Å². The fourth-order valence-electron chi connectivity index (χ4n) is 4.02. The van der Waals surface area contributed by atoms with Gasteiger partial charge in [-0.2, -0.15) is 5.26 Å². The lowest BCUT2D eigenvalue weighted by atomic mass is 9.83. The van der Waals surface area contributed by atoms with Gasteiger partial charge in [-0.15, -0.1) is 0 Å². The fraction of sp³-hybridized carbons (Fsp3) is 0.429. The minimum absolute atomic E-state index is 0.0303. The van der Waals surface area contributed by atoms with Gasteiger partial charge in [0.1, 0.15) is 21.9 Å². The van der Waals surface area contributed by atoms with E-state index >= 15 is 0 Å². The van der Waals surface area contributed by atoms with E-state index in [0.29, 0.717) is 30.3 Å². The highest BCUT2D eigenvalue weighted by molar-refractivity contribution is 7.89. The lowest BCUT2D eigenvalue weighted by molar-refractivity contribution is -0.123. The molecule has 1 saturated heterocycles. The number of anilines is 3. The van der Waals surface area contributed by atoms with Gasteiger partial charge in [0.2, 0.25) is 15.9 Å². The molecule has 3 heterocycles. The first-order chi connectivity index (χ1) is 14.9. The van der Waals surface area contributed by atoms with Gasteiger partial charge < -0.3 is 10.2 Å². The van der Waals surface area contributed by atoms with Crippen LogP contribution in [0.5, 0.6) is 0 Å². The molecule has 3 aliphatic rings. The van der Waals surface area contributed by atoms with Crippen molar-refractivity contribution in [2.45, 2.75) is 43.0 Å². The number of nitrogens with zero attached hydrogens (tertiary/aromatic N) is 4. The predicted octanol–water partition coefficient (Wildman–Crippen LogP) is 2.32. The van der Waals surface area contributed by atoms with E-state index in [0.717, 1.165) is 25.7 Å². The predicted molar refractivity (Wildman–Crippen MR) is 113 cm³/mol. The number of rotatable bonds is 7. The van der Waals surface area contributed by atoms with Gasteiger partial charge in [0, 0.05) is 36.7 Å². The summed E-state index contributed by atoms with van der Waals surface area (Å²) in [6, 6.07) is 8.87. The van der Waals surface area contributed by atoms with E-state index in [2.05, 4.69) is 26.1 Å². The zero-order valence-electron chi connectivity index (χ0n) is 16.8. The molecule has 2 aliphatic carbocycles. The number of hydrogen-bond acceptors (Lipinski definition) is 7. The molecule has 0 spiro atoms. The summed E-state index contributed by atoms with van der Waals surface area (Å²) in [5.41, 5.74) is -0.220. The number of pyridine rings is 2. The minimum atomic E-state index is -3.55. The summed E-state index contributed by atoms with van der Waals surface area (Å²) in [6.45, 7) is 0.505. The van der Waals surface area contributed by atoms with Crippen LogP contribution >= 0.6 is 0 Å². The number of nitrogens with one attached hydrogen (secondary N) is 2. The van der Waals surface area contributed by atoms with Crippen molar-refractivity contribution < 1.29 is 13.2 Å². The van der Waals surface area contributed by atoms with Crippen molar-refractivity contribution in [2.75, 3.05) is 16.8 Å². The molecular weight excluding hydrogens is 416 g/mol. The molecule has 160 valence electrons. The van der Waals surface area contributed by atoms with Crippen molar-refractivity contribution in [3.05, 3.63) is 36.7 Å². The first-order valence-electron chi connectivity index (χ1n) is 10.4. The van der Waals surface area contributed by atoms with E-state index < -0.39 is 15.4 Å². The van der Waals surface area contributed by atoms with Gasteiger partial charge in [0.05, 0.1) is 6.07 Å². The van der Waals surface area contributed by atoms with Crippen molar-refractivity contribution >= 4 is 33.3 Å². The summed E-state index contributed by atoms with van der Waals surface area (Å²) in [5, 5.41) is 12.7. The summed E-state index contributed by atoms with van der Waals surface area (Å²) in [7, 11) is -3.55. The second-order valence-electron chi connectivity index (χ2n) is 8.36. The van der Waals surface area contributed by atoms with Crippen LogP contribution in [-0.2, 0) is 14.8 Å². The second-order valence-corrected chi connectivity index (χ2v) is 10.1. The SMILES string of the molecule is N#C[C@@]1(C2CC2)CCN(c2ccnc(Nc3ccc(S(=O)(=O)NC4CC4)cn3)c2)C1=O. The maximum absolute atomic E-state index is 13.0. The van der Waals surface area contributed by atoms with Crippen LogP contribution in [-0.4, -0.2) is 36.9 Å². The van der Waals surface area contributed by atoms with Crippen LogP contribution in [0.2, 0.25) is 0 Å². The van der Waals surface area contributed by atoms with Crippen LogP contribution in [0.15, 0.2) is 41.6 Å². The van der Waals surface area contributed by atoms with Gasteiger partial charge in [-0.1, -0.05) is 0 Å². The zero-order valence-corrected chi connectivity index (χ0v) is 17.6. The number of carbonyl (C=O) groups excluding carboxylic acids is 1. The third kappa shape index (κ3) is 3.75. The second kappa shape index (κ2) is 7.28. The van der Waals surface area contributed by atoms with E-state index in [1.54, 1.807) is 29.3 Å². The molecular formula is C21H22N6O3S. The highest BCUT2D eigenvalue weighted by atomic mass is 32.2. The first kappa shape index (κ1) is 19.9. The van der Waals surface area contributed by atoms with Crippen LogP contribution in [0.3, 0.4) is 0 Å². The molecule has 2 N–H and O–H groups in total. The molecule has 5 rings (SSSR count). The Morgan fingerprint density at radius 3 is 2.58 bits per heavy atom. The molecule has 0 bridgehead atoms. The zero-order chi connectivity index (χ0) is 21.6. The van der Waals surface area contributed by atoms with Crippen LogP contribution in [0.4, 0.5) is 17.3 Å². The molecule has 2 saturated carbocycles. The van der Waals surface area contributed by atoms with Gasteiger partial charge in [-0.05, 0) is 56.2 Å². The normalized spacial score (nSPS) is 23.6. The largest absolute Gasteiger partial charge is 0.325 e. The Labute approximate surface area is 180 Å². The smallest absolute Gasteiger partial charge is 0.247 e. The number of hydrogen-bond donors (Lipinski definition) is 2. The molecule has 2 aromatic rings. The molecule has 0 aromatic carbocycles. The molecule has 2 aromatic heterocycles. The Morgan fingerprint density at radius 2 is 1.94 bits per heavy atom. The average molecular weight is 439 g/mol. The maximum atomic E-state index is 13.0. The number of nitriles is 1.